The van der Waals surface area contributed by atoms with E-state index in [9.17, 15) is 4.79 Å². The van der Waals surface area contributed by atoms with Gasteiger partial charge in [-0.2, -0.15) is 0 Å². The van der Waals surface area contributed by atoms with Crippen LogP contribution in [-0.4, -0.2) is 20.7 Å². The summed E-state index contributed by atoms with van der Waals surface area (Å²) in [6.45, 7) is 12.5. The summed E-state index contributed by atoms with van der Waals surface area (Å²) >= 11 is 8.00. The molecule has 1 atom stereocenters. The maximum atomic E-state index is 13.1. The van der Waals surface area contributed by atoms with Gasteiger partial charge in [0.15, 0.2) is 11.0 Å². The molecule has 1 N–H and O–H groups in total. The van der Waals surface area contributed by atoms with Crippen LogP contribution in [0.5, 0.6) is 0 Å². The van der Waals surface area contributed by atoms with E-state index in [0.29, 0.717) is 16.4 Å². The van der Waals surface area contributed by atoms with Crippen LogP contribution in [0.3, 0.4) is 0 Å². The van der Waals surface area contributed by atoms with Crippen LogP contribution in [0.1, 0.15) is 72.2 Å². The Morgan fingerprint density at radius 3 is 2.38 bits per heavy atom. The summed E-state index contributed by atoms with van der Waals surface area (Å²) in [5.41, 5.74) is 6.24. The maximum Gasteiger partial charge on any atom is 0.251 e. The molecule has 192 valence electrons. The Bertz CT molecular complexity index is 1410. The van der Waals surface area contributed by atoms with Gasteiger partial charge in [-0.05, 0) is 72.7 Å². The zero-order valence-electron chi connectivity index (χ0n) is 22.2. The minimum atomic E-state index is -0.381. The maximum absolute atomic E-state index is 13.1. The highest BCUT2D eigenvalue weighted by Crippen LogP contribution is 2.31. The molecule has 0 saturated carbocycles. The molecule has 0 spiro atoms. The van der Waals surface area contributed by atoms with Gasteiger partial charge in [0.2, 0.25) is 0 Å². The monoisotopic (exact) mass is 532 g/mol. The molecule has 0 aliphatic rings. The first-order chi connectivity index (χ1) is 17.5. The molecule has 0 fully saturated rings. The lowest BCUT2D eigenvalue weighted by Crippen LogP contribution is -2.29. The van der Waals surface area contributed by atoms with E-state index in [1.165, 1.54) is 16.7 Å². The summed E-state index contributed by atoms with van der Waals surface area (Å²) in [7, 11) is 0. The largest absolute Gasteiger partial charge is 0.342 e. The highest BCUT2D eigenvalue weighted by atomic mass is 35.5. The van der Waals surface area contributed by atoms with E-state index in [1.807, 2.05) is 73.0 Å². The number of nitrogens with one attached hydrogen (secondary N) is 1. The van der Waals surface area contributed by atoms with E-state index in [2.05, 4.69) is 55.3 Å². The number of rotatable bonds is 7. The van der Waals surface area contributed by atoms with E-state index in [1.54, 1.807) is 11.8 Å². The third-order valence-electron chi connectivity index (χ3n) is 6.44. The van der Waals surface area contributed by atoms with Crippen LogP contribution in [0.2, 0.25) is 5.02 Å². The van der Waals surface area contributed by atoms with Crippen LogP contribution >= 0.6 is 23.4 Å². The van der Waals surface area contributed by atoms with E-state index in [0.717, 1.165) is 22.2 Å². The molecule has 0 aliphatic heterocycles. The number of amides is 1. The van der Waals surface area contributed by atoms with Gasteiger partial charge in [-0.25, -0.2) is 0 Å². The molecular weight excluding hydrogens is 500 g/mol. The predicted octanol–water partition coefficient (Wildman–Crippen LogP) is 7.62. The molecule has 0 saturated heterocycles. The smallest absolute Gasteiger partial charge is 0.251 e. The molecule has 7 heteroatoms. The van der Waals surface area contributed by atoms with E-state index in [-0.39, 0.29) is 17.4 Å². The van der Waals surface area contributed by atoms with Crippen molar-refractivity contribution in [2.24, 2.45) is 0 Å². The topological polar surface area (TPSA) is 59.8 Å². The number of hydrogen-bond acceptors (Lipinski definition) is 4. The van der Waals surface area contributed by atoms with Gasteiger partial charge in [0.05, 0.1) is 11.7 Å². The number of aromatic nitrogens is 3. The molecule has 1 amide bonds. The molecule has 37 heavy (non-hydrogen) atoms. The number of halogens is 1. The molecule has 1 heterocycles. The van der Waals surface area contributed by atoms with Gasteiger partial charge in [0, 0.05) is 16.3 Å². The number of nitrogens with zero attached hydrogens (tertiary/aromatic N) is 3. The van der Waals surface area contributed by atoms with Crippen LogP contribution in [0.4, 0.5) is 0 Å². The third-order valence-corrected chi connectivity index (χ3v) is 7.65. The fraction of sp³-hybridized carbons (Fsp3) is 0.300. The Balaban J connectivity index is 1.64. The number of carbonyl (C=O) groups excluding carboxylic acids is 1. The second kappa shape index (κ2) is 11.1. The molecule has 4 aromatic rings. The van der Waals surface area contributed by atoms with Gasteiger partial charge in [0.1, 0.15) is 0 Å². The van der Waals surface area contributed by atoms with Crippen molar-refractivity contribution in [3.8, 4) is 5.69 Å². The zero-order valence-corrected chi connectivity index (χ0v) is 23.7. The molecule has 0 bridgehead atoms. The van der Waals surface area contributed by atoms with E-state index >= 15 is 0 Å². The van der Waals surface area contributed by atoms with Gasteiger partial charge in [-0.1, -0.05) is 86.6 Å². The van der Waals surface area contributed by atoms with Gasteiger partial charge in [-0.15, -0.1) is 10.2 Å². The fourth-order valence-corrected chi connectivity index (χ4v) is 5.28. The highest BCUT2D eigenvalue weighted by molar-refractivity contribution is 7.98. The van der Waals surface area contributed by atoms with Gasteiger partial charge in [-0.3, -0.25) is 9.36 Å². The number of carbonyl (C=O) groups is 1. The summed E-state index contributed by atoms with van der Waals surface area (Å²) in [5.74, 6) is 1.25. The van der Waals surface area contributed by atoms with Crippen molar-refractivity contribution in [1.29, 1.82) is 0 Å². The summed E-state index contributed by atoms with van der Waals surface area (Å²) in [5, 5.41) is 13.5. The molecule has 1 unspecified atom stereocenters. The number of benzene rings is 3. The Labute approximate surface area is 228 Å². The van der Waals surface area contributed by atoms with Crippen LogP contribution < -0.4 is 5.32 Å². The summed E-state index contributed by atoms with van der Waals surface area (Å²) in [6, 6.07) is 21.5. The first kappa shape index (κ1) is 27.0. The first-order valence-electron chi connectivity index (χ1n) is 12.3. The fourth-order valence-electron chi connectivity index (χ4n) is 4.09. The van der Waals surface area contributed by atoms with E-state index < -0.39 is 0 Å². The number of hydrogen-bond donors (Lipinski definition) is 1. The van der Waals surface area contributed by atoms with E-state index in [4.69, 9.17) is 11.6 Å². The van der Waals surface area contributed by atoms with Crippen molar-refractivity contribution in [2.75, 3.05) is 0 Å². The normalized spacial score (nSPS) is 12.4. The Morgan fingerprint density at radius 2 is 1.70 bits per heavy atom. The molecule has 4 rings (SSSR count). The highest BCUT2D eigenvalue weighted by Gasteiger charge is 2.23. The molecule has 5 nitrogen and oxygen atoms in total. The van der Waals surface area contributed by atoms with Crippen molar-refractivity contribution in [1.82, 2.24) is 20.1 Å². The minimum Gasteiger partial charge on any atom is -0.342 e. The Hall–Kier alpha value is -3.09. The van der Waals surface area contributed by atoms with Crippen LogP contribution in [0.15, 0.2) is 71.9 Å². The van der Waals surface area contributed by atoms with Crippen molar-refractivity contribution in [3.05, 3.63) is 105 Å². The second-order valence-electron chi connectivity index (χ2n) is 10.3. The second-order valence-corrected chi connectivity index (χ2v) is 11.7. The minimum absolute atomic E-state index is 0.0277. The van der Waals surface area contributed by atoms with Gasteiger partial charge < -0.3 is 5.32 Å². The quantitative estimate of drug-likeness (QED) is 0.249. The zero-order chi connectivity index (χ0) is 26.7. The lowest BCUT2D eigenvalue weighted by Gasteiger charge is -2.20. The molecule has 3 aromatic carbocycles. The lowest BCUT2D eigenvalue weighted by atomic mass is 9.86. The Morgan fingerprint density at radius 1 is 1.00 bits per heavy atom. The third kappa shape index (κ3) is 6.25. The molecule has 1 aromatic heterocycles. The average molecular weight is 533 g/mol. The van der Waals surface area contributed by atoms with Crippen molar-refractivity contribution in [2.45, 2.75) is 63.9 Å². The summed E-state index contributed by atoms with van der Waals surface area (Å²) in [6.07, 6.45) is 0. The molecule has 0 radical (unpaired) electrons. The van der Waals surface area contributed by atoms with Crippen LogP contribution in [-0.2, 0) is 11.2 Å². The van der Waals surface area contributed by atoms with Crippen LogP contribution in [0, 0.1) is 13.8 Å². The Kier molecular flexibility index (Phi) is 8.10. The summed E-state index contributed by atoms with van der Waals surface area (Å²) in [4.78, 5) is 13.1. The SMILES string of the molecule is Cc1ccccc1CSc1nnc(C(C)NC(=O)c2ccc(C(C)(C)C)cc2)n1-c1cc(Cl)ccc1C. The number of thioether (sulfide) groups is 1. The predicted molar refractivity (Wildman–Crippen MR) is 153 cm³/mol. The van der Waals surface area contributed by atoms with Crippen LogP contribution in [0.25, 0.3) is 5.69 Å². The first-order valence-corrected chi connectivity index (χ1v) is 13.7. The van der Waals surface area contributed by atoms with Crippen molar-refractivity contribution in [3.63, 3.8) is 0 Å². The summed E-state index contributed by atoms with van der Waals surface area (Å²) < 4.78 is 2.01. The lowest BCUT2D eigenvalue weighted by molar-refractivity contribution is 0.0938. The van der Waals surface area contributed by atoms with Crippen molar-refractivity contribution >= 4 is 29.3 Å². The molecule has 0 aliphatic carbocycles. The number of aryl methyl sites for hydroxylation is 2. The molecular formula is C30H33ClN4OS. The standard InChI is InChI=1S/C30H33ClN4OS/c1-19-9-7-8-10-23(19)18-37-29-34-33-27(35(29)26-17-25(31)16-11-20(26)2)21(3)32-28(36)22-12-14-24(15-13-22)30(4,5)6/h7-17,21H,18H2,1-6H3,(H,32,36). The van der Waals surface area contributed by atoms with Crippen molar-refractivity contribution < 1.29 is 4.79 Å². The van der Waals surface area contributed by atoms with Gasteiger partial charge in [0.25, 0.3) is 5.91 Å². The van der Waals surface area contributed by atoms with Gasteiger partial charge >= 0.3 is 0 Å². The average Bonchev–Trinajstić information content (AvgIpc) is 3.28.